The predicted molar refractivity (Wildman–Crippen MR) is 252 cm³/mol. The number of unbranched alkanes of at least 4 members (excludes halogenated alkanes) is 2. The Kier molecular flexibility index (Phi) is 20.1. The highest BCUT2D eigenvalue weighted by Gasteiger charge is 2.43. The van der Waals surface area contributed by atoms with Crippen LogP contribution < -0.4 is 9.64 Å². The van der Waals surface area contributed by atoms with Gasteiger partial charge in [0.1, 0.15) is 20.2 Å². The number of halogens is 5. The molecule has 2 unspecified atom stereocenters. The molecule has 70 heavy (non-hydrogen) atoms. The lowest BCUT2D eigenvalue weighted by Gasteiger charge is -2.33. The van der Waals surface area contributed by atoms with Crippen molar-refractivity contribution in [2.24, 2.45) is 4.99 Å². The van der Waals surface area contributed by atoms with Crippen molar-refractivity contribution in [3.63, 3.8) is 0 Å². The Balaban J connectivity index is 1.76. The van der Waals surface area contributed by atoms with E-state index in [2.05, 4.69) is 4.74 Å². The first-order valence-corrected chi connectivity index (χ1v) is 28.1. The summed E-state index contributed by atoms with van der Waals surface area (Å²) in [4.78, 5) is 17.7. The maximum atomic E-state index is 14.1. The first kappa shape index (κ1) is 58.4. The Morgan fingerprint density at radius 2 is 1.40 bits per heavy atom. The van der Waals surface area contributed by atoms with Gasteiger partial charge in [-0.05, 0) is 135 Å². The van der Waals surface area contributed by atoms with E-state index in [0.29, 0.717) is 20.5 Å². The molecule has 386 valence electrons. The Bertz CT molecular complexity index is 3000. The normalized spacial score (nSPS) is 17.5. The van der Waals surface area contributed by atoms with E-state index in [1.165, 1.54) is 43.5 Å². The van der Waals surface area contributed by atoms with E-state index in [0.717, 1.165) is 18.2 Å². The smallest absolute Gasteiger partial charge is 0.311 e. The van der Waals surface area contributed by atoms with Crippen molar-refractivity contribution >= 4 is 80.4 Å². The van der Waals surface area contributed by atoms with Crippen LogP contribution >= 0.6 is 22.6 Å². The molecule has 0 spiro atoms. The SMILES string of the molecule is COCCN1/C(=C/C=C/C=C/C(=NCCCCCC(=O)Oc2c(F)c(F)cc(F)c2F)C(C)(CCCS(=O)(=O)[O-])c2cc(S(=O)(=O)[O-])ccc2I)C(C)(CCCS(=O)(=O)[O-])c2cc(S(=O)(=O)[O-])ccc21. The highest BCUT2D eigenvalue weighted by Crippen LogP contribution is 2.51. The number of hydrogen-bond donors (Lipinski definition) is 0. The molecule has 2 atom stereocenters. The fraction of sp³-hybridized carbons (Fsp3) is 0.409. The molecule has 4 rings (SSSR count). The summed E-state index contributed by atoms with van der Waals surface area (Å²) in [6.45, 7) is 3.63. The minimum atomic E-state index is -5.02. The van der Waals surface area contributed by atoms with E-state index in [1.54, 1.807) is 30.9 Å². The molecule has 1 aliphatic heterocycles. The Hall–Kier alpha value is -4.13. The summed E-state index contributed by atoms with van der Waals surface area (Å²) >= 11 is 1.89. The molecule has 3 aromatic rings. The van der Waals surface area contributed by atoms with Crippen LogP contribution in [0.5, 0.6) is 5.75 Å². The Labute approximate surface area is 417 Å². The molecule has 17 nitrogen and oxygen atoms in total. The van der Waals surface area contributed by atoms with Crippen LogP contribution in [0.2, 0.25) is 0 Å². The summed E-state index contributed by atoms with van der Waals surface area (Å²) in [5, 5.41) is 0. The number of rotatable bonds is 25. The van der Waals surface area contributed by atoms with Gasteiger partial charge in [0.25, 0.3) is 0 Å². The zero-order valence-corrected chi connectivity index (χ0v) is 43.1. The van der Waals surface area contributed by atoms with Gasteiger partial charge in [0.2, 0.25) is 17.4 Å². The molecular weight excluding hydrogens is 1130 g/mol. The molecule has 0 N–H and O–H groups in total. The third-order valence-electron chi connectivity index (χ3n) is 11.4. The zero-order valence-electron chi connectivity index (χ0n) is 37.7. The molecule has 1 aliphatic rings. The van der Waals surface area contributed by atoms with Crippen LogP contribution in [0.1, 0.15) is 76.3 Å². The molecule has 0 bridgehead atoms. The lowest BCUT2D eigenvalue weighted by Crippen LogP contribution is -2.34. The number of hydrogen-bond acceptors (Lipinski definition) is 17. The van der Waals surface area contributed by atoms with Gasteiger partial charge in [-0.2, -0.15) is 8.78 Å². The largest absolute Gasteiger partial charge is 0.748 e. The number of allylic oxidation sites excluding steroid dienone is 6. The number of methoxy groups -OCH3 is 1. The lowest BCUT2D eigenvalue weighted by molar-refractivity contribution is -0.135. The van der Waals surface area contributed by atoms with Gasteiger partial charge in [-0.15, -0.1) is 0 Å². The van der Waals surface area contributed by atoms with Gasteiger partial charge in [-0.1, -0.05) is 24.6 Å². The number of aliphatic imine (C=N–C) groups is 1. The van der Waals surface area contributed by atoms with Gasteiger partial charge < -0.3 is 32.6 Å². The van der Waals surface area contributed by atoms with Crippen LogP contribution in [0.25, 0.3) is 0 Å². The average Bonchev–Trinajstić information content (AvgIpc) is 3.47. The van der Waals surface area contributed by atoms with E-state index in [-0.39, 0.29) is 82.0 Å². The van der Waals surface area contributed by atoms with Crippen molar-refractivity contribution in [2.45, 2.75) is 85.8 Å². The molecule has 0 aromatic heterocycles. The second kappa shape index (κ2) is 24.1. The van der Waals surface area contributed by atoms with Crippen molar-refractivity contribution in [1.82, 2.24) is 0 Å². The molecule has 1 heterocycles. The maximum Gasteiger partial charge on any atom is 0.311 e. The number of fused-ring (bicyclic) bond motifs is 1. The quantitative estimate of drug-likeness (QED) is 0.00995. The van der Waals surface area contributed by atoms with E-state index < -0.39 is 114 Å². The molecule has 26 heteroatoms. The first-order valence-electron chi connectivity index (χ1n) is 21.1. The number of ether oxygens (including phenoxy) is 2. The van der Waals surface area contributed by atoms with E-state index in [4.69, 9.17) is 9.73 Å². The number of esters is 1. The van der Waals surface area contributed by atoms with Crippen LogP contribution in [0.4, 0.5) is 23.2 Å². The monoisotopic (exact) mass is 1170 g/mol. The molecule has 0 saturated heterocycles. The third-order valence-corrected chi connectivity index (χ3v) is 15.6. The van der Waals surface area contributed by atoms with E-state index in [1.807, 2.05) is 22.6 Å². The van der Waals surface area contributed by atoms with Gasteiger partial charge in [-0.3, -0.25) is 9.79 Å². The molecule has 0 saturated carbocycles. The number of benzene rings is 3. The summed E-state index contributed by atoms with van der Waals surface area (Å²) in [6, 6.07) is 7.29. The van der Waals surface area contributed by atoms with Gasteiger partial charge in [0.05, 0.1) is 36.6 Å². The van der Waals surface area contributed by atoms with Crippen molar-refractivity contribution in [1.29, 1.82) is 0 Å². The van der Waals surface area contributed by atoms with E-state index >= 15 is 0 Å². The van der Waals surface area contributed by atoms with Gasteiger partial charge in [0, 0.05) is 75.7 Å². The summed E-state index contributed by atoms with van der Waals surface area (Å²) in [6.07, 6.45) is 7.28. The summed E-state index contributed by atoms with van der Waals surface area (Å²) < 4.78 is 209. The van der Waals surface area contributed by atoms with Crippen LogP contribution in [0.15, 0.2) is 93.3 Å². The number of carbonyl (C=O) groups is 1. The van der Waals surface area contributed by atoms with Gasteiger partial charge in [-0.25, -0.2) is 42.5 Å². The van der Waals surface area contributed by atoms with Crippen molar-refractivity contribution in [2.75, 3.05) is 43.2 Å². The second-order valence-electron chi connectivity index (χ2n) is 16.4. The Morgan fingerprint density at radius 3 is 2.00 bits per heavy atom. The molecule has 0 amide bonds. The number of carbonyl (C=O) groups excluding carboxylic acids is 1. The molecule has 0 fully saturated rings. The van der Waals surface area contributed by atoms with Crippen LogP contribution in [0.3, 0.4) is 0 Å². The predicted octanol–water partition coefficient (Wildman–Crippen LogP) is 6.59. The first-order chi connectivity index (χ1) is 32.4. The minimum absolute atomic E-state index is 0.0130. The summed E-state index contributed by atoms with van der Waals surface area (Å²) in [5.74, 6) is -11.6. The van der Waals surface area contributed by atoms with Crippen LogP contribution in [-0.4, -0.2) is 102 Å². The average molecular weight is 1180 g/mol. The standard InChI is InChI=1S/C44H51F4IN2O15S4/c1-43(19-10-24-67(53,54)55,31-26-29(69(59,60)61)15-17-35(31)49)37(50-21-9-5-8-14-39(52)66-42-40(47)33(45)28-34(46)41(42)48)12-6-4-7-13-38-44(2,20-11-25-68(56,57)58)32-27-30(70(62,63)64)16-18-36(32)51(38)22-23-65-3/h4,6-7,12-13,15-18,26-28H,5,8-11,14,19-25H2,1-3H3,(H,53,54,55)(H,56,57,58)(H,59,60,61)(H,62,63,64)/p-4/b7-4+,12-6+,38-13+,50-37?. The van der Waals surface area contributed by atoms with Crippen LogP contribution in [0, 0.1) is 26.8 Å². The summed E-state index contributed by atoms with van der Waals surface area (Å²) in [5.41, 5.74) is -0.814. The number of nitrogens with zero attached hydrogens (tertiary/aromatic N) is 2. The summed E-state index contributed by atoms with van der Waals surface area (Å²) in [7, 11) is -17.9. The van der Waals surface area contributed by atoms with Gasteiger partial charge >= 0.3 is 5.97 Å². The lowest BCUT2D eigenvalue weighted by atomic mass is 9.74. The minimum Gasteiger partial charge on any atom is -0.748 e. The topological polar surface area (TPSA) is 280 Å². The Morgan fingerprint density at radius 1 is 0.800 bits per heavy atom. The molecular formula is C44H47F4IN2O15S4-4. The van der Waals surface area contributed by atoms with Crippen molar-refractivity contribution in [3.8, 4) is 5.75 Å². The zero-order chi connectivity index (χ0) is 52.5. The number of anilines is 1. The molecule has 0 aliphatic carbocycles. The molecule has 3 aromatic carbocycles. The molecule has 0 radical (unpaired) electrons. The van der Waals surface area contributed by atoms with Crippen molar-refractivity contribution in [3.05, 3.63) is 117 Å². The third kappa shape index (κ3) is 15.7. The van der Waals surface area contributed by atoms with Gasteiger partial charge in [0.15, 0.2) is 11.6 Å². The van der Waals surface area contributed by atoms with Crippen LogP contribution in [-0.2, 0) is 60.8 Å². The highest BCUT2D eigenvalue weighted by atomic mass is 127. The maximum absolute atomic E-state index is 14.1. The fourth-order valence-electron chi connectivity index (χ4n) is 7.89. The second-order valence-corrected chi connectivity index (χ2v) is 23.4. The highest BCUT2D eigenvalue weighted by molar-refractivity contribution is 14.1. The van der Waals surface area contributed by atoms with Crippen molar-refractivity contribution < 1.29 is 83.7 Å². The fourth-order valence-corrected chi connectivity index (χ4v) is 10.8. The van der Waals surface area contributed by atoms with E-state index in [9.17, 15) is 74.2 Å².